The standard InChI is InChI=1S/C25H39N5O/c1-18(2)13-20(19-7-4-3-5-8-19)14-27-25(31)23-9-6-10-24-28-22(17-30(23)24)16-29-12-11-21(26)15-29/h6,9-10,17-21H,3-5,7-8,11-16,26H2,1-2H3,(H,27,31). The lowest BCUT2D eigenvalue weighted by atomic mass is 9.76. The molecule has 6 heteroatoms. The zero-order valence-corrected chi connectivity index (χ0v) is 19.2. The summed E-state index contributed by atoms with van der Waals surface area (Å²) < 4.78 is 1.94. The van der Waals surface area contributed by atoms with Crippen LogP contribution in [-0.2, 0) is 6.54 Å². The van der Waals surface area contributed by atoms with Gasteiger partial charge < -0.3 is 11.1 Å². The Morgan fingerprint density at radius 3 is 2.74 bits per heavy atom. The molecule has 1 saturated heterocycles. The van der Waals surface area contributed by atoms with Crippen LogP contribution in [0.15, 0.2) is 24.4 Å². The van der Waals surface area contributed by atoms with E-state index in [1.807, 2.05) is 28.8 Å². The van der Waals surface area contributed by atoms with Crippen LogP contribution >= 0.6 is 0 Å². The maximum absolute atomic E-state index is 13.1. The first kappa shape index (κ1) is 22.3. The normalized spacial score (nSPS) is 21.7. The minimum absolute atomic E-state index is 0.00214. The van der Waals surface area contributed by atoms with Gasteiger partial charge in [0.05, 0.1) is 5.69 Å². The van der Waals surface area contributed by atoms with Crippen molar-refractivity contribution >= 4 is 11.6 Å². The Morgan fingerprint density at radius 1 is 1.23 bits per heavy atom. The van der Waals surface area contributed by atoms with Crippen molar-refractivity contribution in [1.29, 1.82) is 0 Å². The van der Waals surface area contributed by atoms with E-state index in [0.717, 1.165) is 49.9 Å². The van der Waals surface area contributed by atoms with Crippen molar-refractivity contribution in [3.8, 4) is 0 Å². The van der Waals surface area contributed by atoms with E-state index in [2.05, 4.69) is 24.1 Å². The first-order valence-corrected chi connectivity index (χ1v) is 12.2. The van der Waals surface area contributed by atoms with Gasteiger partial charge in [-0.1, -0.05) is 52.0 Å². The van der Waals surface area contributed by atoms with Gasteiger partial charge in [0.1, 0.15) is 11.3 Å². The predicted octanol–water partition coefficient (Wildman–Crippen LogP) is 3.84. The molecule has 1 aliphatic heterocycles. The van der Waals surface area contributed by atoms with E-state index in [4.69, 9.17) is 10.7 Å². The van der Waals surface area contributed by atoms with E-state index in [1.165, 1.54) is 38.5 Å². The van der Waals surface area contributed by atoms with Crippen LogP contribution in [0.25, 0.3) is 5.65 Å². The Bertz CT molecular complexity index is 870. The first-order valence-electron chi connectivity index (χ1n) is 12.2. The van der Waals surface area contributed by atoms with Gasteiger partial charge >= 0.3 is 0 Å². The van der Waals surface area contributed by atoms with E-state index in [0.29, 0.717) is 17.5 Å². The molecule has 170 valence electrons. The van der Waals surface area contributed by atoms with Crippen LogP contribution in [0.2, 0.25) is 0 Å². The fraction of sp³-hybridized carbons (Fsp3) is 0.680. The molecule has 3 heterocycles. The topological polar surface area (TPSA) is 75.7 Å². The highest BCUT2D eigenvalue weighted by molar-refractivity contribution is 5.93. The number of nitrogens with one attached hydrogen (secondary N) is 1. The number of pyridine rings is 1. The van der Waals surface area contributed by atoms with Crippen molar-refractivity contribution < 1.29 is 4.79 Å². The molecule has 2 aromatic heterocycles. The number of nitrogens with two attached hydrogens (primary N) is 1. The SMILES string of the molecule is CC(C)CC(CNC(=O)c1cccc2nc(CN3CCC(N)C3)cn12)C1CCCCC1. The largest absolute Gasteiger partial charge is 0.350 e. The lowest BCUT2D eigenvalue weighted by Gasteiger charge is -2.31. The highest BCUT2D eigenvalue weighted by Crippen LogP contribution is 2.33. The van der Waals surface area contributed by atoms with Crippen LogP contribution in [0.1, 0.15) is 75.0 Å². The molecular weight excluding hydrogens is 386 g/mol. The molecule has 0 bridgehead atoms. The number of likely N-dealkylation sites (tertiary alicyclic amines) is 1. The molecule has 6 nitrogen and oxygen atoms in total. The van der Waals surface area contributed by atoms with Crippen LogP contribution in [-0.4, -0.2) is 45.9 Å². The van der Waals surface area contributed by atoms with Gasteiger partial charge in [-0.3, -0.25) is 14.1 Å². The summed E-state index contributed by atoms with van der Waals surface area (Å²) in [6, 6.07) is 6.07. The number of fused-ring (bicyclic) bond motifs is 1. The second kappa shape index (κ2) is 10.1. The summed E-state index contributed by atoms with van der Waals surface area (Å²) >= 11 is 0. The summed E-state index contributed by atoms with van der Waals surface area (Å²) in [7, 11) is 0. The van der Waals surface area contributed by atoms with E-state index < -0.39 is 0 Å². The van der Waals surface area contributed by atoms with E-state index in [9.17, 15) is 4.79 Å². The Labute approximate surface area is 186 Å². The molecule has 2 fully saturated rings. The van der Waals surface area contributed by atoms with E-state index >= 15 is 0 Å². The predicted molar refractivity (Wildman–Crippen MR) is 125 cm³/mol. The van der Waals surface area contributed by atoms with E-state index in [-0.39, 0.29) is 11.9 Å². The third-order valence-corrected chi connectivity index (χ3v) is 7.08. The van der Waals surface area contributed by atoms with Gasteiger partial charge in [-0.05, 0) is 42.7 Å². The molecule has 2 aromatic rings. The highest BCUT2D eigenvalue weighted by atomic mass is 16.1. The number of amides is 1. The van der Waals surface area contributed by atoms with Crippen LogP contribution in [0.4, 0.5) is 0 Å². The third-order valence-electron chi connectivity index (χ3n) is 7.08. The maximum atomic E-state index is 13.1. The molecule has 1 aliphatic carbocycles. The van der Waals surface area contributed by atoms with Crippen molar-refractivity contribution in [3.63, 3.8) is 0 Å². The molecule has 0 spiro atoms. The second-order valence-electron chi connectivity index (χ2n) is 10.2. The average Bonchev–Trinajstić information content (AvgIpc) is 3.36. The lowest BCUT2D eigenvalue weighted by molar-refractivity contribution is 0.0926. The number of nitrogens with zero attached hydrogens (tertiary/aromatic N) is 3. The molecule has 1 saturated carbocycles. The molecule has 2 atom stereocenters. The number of hydrogen-bond acceptors (Lipinski definition) is 4. The van der Waals surface area contributed by atoms with Gasteiger partial charge in [0, 0.05) is 38.4 Å². The number of carbonyl (C=O) groups is 1. The van der Waals surface area contributed by atoms with Gasteiger partial charge in [0.2, 0.25) is 0 Å². The average molecular weight is 426 g/mol. The second-order valence-corrected chi connectivity index (χ2v) is 10.2. The monoisotopic (exact) mass is 425 g/mol. The number of rotatable bonds is 8. The van der Waals surface area contributed by atoms with Gasteiger partial charge in [-0.15, -0.1) is 0 Å². The first-order chi connectivity index (χ1) is 15.0. The molecule has 0 radical (unpaired) electrons. The zero-order chi connectivity index (χ0) is 21.8. The molecule has 4 rings (SSSR count). The summed E-state index contributed by atoms with van der Waals surface area (Å²) in [5.41, 5.74) is 8.53. The summed E-state index contributed by atoms with van der Waals surface area (Å²) in [6.07, 6.45) is 10.9. The quantitative estimate of drug-likeness (QED) is 0.674. The maximum Gasteiger partial charge on any atom is 0.268 e. The van der Waals surface area contributed by atoms with Gasteiger partial charge in [-0.2, -0.15) is 0 Å². The number of hydrogen-bond donors (Lipinski definition) is 2. The molecule has 0 aromatic carbocycles. The van der Waals surface area contributed by atoms with Gasteiger partial charge in [0.25, 0.3) is 5.91 Å². The van der Waals surface area contributed by atoms with Crippen molar-refractivity contribution in [3.05, 3.63) is 35.8 Å². The smallest absolute Gasteiger partial charge is 0.268 e. The number of carbonyl (C=O) groups excluding carboxylic acids is 1. The van der Waals surface area contributed by atoms with Gasteiger partial charge in [-0.25, -0.2) is 4.98 Å². The van der Waals surface area contributed by atoms with Crippen molar-refractivity contribution in [2.75, 3.05) is 19.6 Å². The zero-order valence-electron chi connectivity index (χ0n) is 19.2. The van der Waals surface area contributed by atoms with Crippen LogP contribution < -0.4 is 11.1 Å². The van der Waals surface area contributed by atoms with E-state index in [1.54, 1.807) is 0 Å². The lowest BCUT2D eigenvalue weighted by Crippen LogP contribution is -2.35. The fourth-order valence-electron chi connectivity index (χ4n) is 5.53. The molecular formula is C25H39N5O. The highest BCUT2D eigenvalue weighted by Gasteiger charge is 2.25. The Hall–Kier alpha value is -1.92. The Kier molecular flexibility index (Phi) is 7.28. The third kappa shape index (κ3) is 5.66. The molecule has 2 aliphatic rings. The minimum Gasteiger partial charge on any atom is -0.350 e. The molecule has 31 heavy (non-hydrogen) atoms. The van der Waals surface area contributed by atoms with Crippen molar-refractivity contribution in [2.24, 2.45) is 23.5 Å². The molecule has 1 amide bonds. The Morgan fingerprint density at radius 2 is 2.03 bits per heavy atom. The van der Waals surface area contributed by atoms with Crippen LogP contribution in [0.5, 0.6) is 0 Å². The summed E-state index contributed by atoms with van der Waals surface area (Å²) in [6.45, 7) is 8.07. The van der Waals surface area contributed by atoms with Crippen LogP contribution in [0, 0.1) is 17.8 Å². The van der Waals surface area contributed by atoms with Crippen molar-refractivity contribution in [1.82, 2.24) is 19.6 Å². The molecule has 2 unspecified atom stereocenters. The van der Waals surface area contributed by atoms with Crippen molar-refractivity contribution in [2.45, 2.75) is 71.4 Å². The number of aromatic nitrogens is 2. The van der Waals surface area contributed by atoms with Gasteiger partial charge in [0.15, 0.2) is 0 Å². The minimum atomic E-state index is 0.00214. The summed E-state index contributed by atoms with van der Waals surface area (Å²) in [4.78, 5) is 20.2. The number of imidazole rings is 1. The summed E-state index contributed by atoms with van der Waals surface area (Å²) in [5, 5.41) is 3.27. The Balaban J connectivity index is 1.43. The summed E-state index contributed by atoms with van der Waals surface area (Å²) in [5.74, 6) is 1.98. The fourth-order valence-corrected chi connectivity index (χ4v) is 5.53. The molecule has 3 N–H and O–H groups in total. The van der Waals surface area contributed by atoms with Crippen LogP contribution in [0.3, 0.4) is 0 Å².